The van der Waals surface area contributed by atoms with Crippen LogP contribution in [0.3, 0.4) is 0 Å². The van der Waals surface area contributed by atoms with Crippen LogP contribution in [0.1, 0.15) is 49.7 Å². The second-order valence-corrected chi connectivity index (χ2v) is 10.8. The van der Waals surface area contributed by atoms with E-state index in [2.05, 4.69) is 21.7 Å². The number of benzene rings is 2. The predicted octanol–water partition coefficient (Wildman–Crippen LogP) is 4.12. The van der Waals surface area contributed by atoms with Gasteiger partial charge < -0.3 is 20.5 Å². The number of H-pyrrole nitrogens is 1. The van der Waals surface area contributed by atoms with Crippen LogP contribution in [0.2, 0.25) is 0 Å². The smallest absolute Gasteiger partial charge is 0.227 e. The minimum absolute atomic E-state index is 0.0697. The summed E-state index contributed by atoms with van der Waals surface area (Å²) in [5, 5.41) is 7.27. The van der Waals surface area contributed by atoms with Gasteiger partial charge in [0.15, 0.2) is 0 Å². The van der Waals surface area contributed by atoms with Crippen LogP contribution in [0.15, 0.2) is 54.7 Å². The molecule has 1 saturated carbocycles. The van der Waals surface area contributed by atoms with Crippen molar-refractivity contribution in [3.05, 3.63) is 71.7 Å². The third kappa shape index (κ3) is 6.49. The number of carbonyl (C=O) groups is 3. The molecule has 1 aliphatic heterocycles. The molecule has 1 aromatic heterocycles. The molecule has 2 heterocycles. The standard InChI is InChI=1S/C31H37FN4O3/c32-24-9-7-8-21(16-24)17-29(37)36-15-6-2-1-5-13-33-31(39)26-18-23(19-28(26)36)30(38)34-14-12-22-20-35-27-11-4-3-10-25(22)27/h3-4,7-11,16,20,23,26,28,35H,1-2,5-6,12-15,17-19H2,(H,33,39)(H,34,38). The number of halogens is 1. The van der Waals surface area contributed by atoms with Crippen molar-refractivity contribution in [1.82, 2.24) is 20.5 Å². The molecule has 3 amide bonds. The first-order valence-corrected chi connectivity index (χ1v) is 14.1. The number of hydrogen-bond acceptors (Lipinski definition) is 3. The Kier molecular flexibility index (Phi) is 8.59. The Morgan fingerprint density at radius 1 is 1.03 bits per heavy atom. The molecule has 8 heteroatoms. The number of para-hydroxylation sites is 1. The van der Waals surface area contributed by atoms with Crippen LogP contribution in [0.5, 0.6) is 0 Å². The average molecular weight is 533 g/mol. The fraction of sp³-hybridized carbons (Fsp3) is 0.452. The van der Waals surface area contributed by atoms with Gasteiger partial charge in [-0.1, -0.05) is 43.2 Å². The van der Waals surface area contributed by atoms with Gasteiger partial charge in [-0.05, 0) is 61.4 Å². The van der Waals surface area contributed by atoms with Crippen LogP contribution in [0, 0.1) is 17.7 Å². The Morgan fingerprint density at radius 3 is 2.74 bits per heavy atom. The van der Waals surface area contributed by atoms with E-state index >= 15 is 0 Å². The number of fused-ring (bicyclic) bond motifs is 2. The van der Waals surface area contributed by atoms with Gasteiger partial charge in [-0.15, -0.1) is 0 Å². The van der Waals surface area contributed by atoms with Crippen molar-refractivity contribution in [3.8, 4) is 0 Å². The first-order valence-electron chi connectivity index (χ1n) is 14.1. The van der Waals surface area contributed by atoms with E-state index in [-0.39, 0.29) is 41.9 Å². The third-order valence-corrected chi connectivity index (χ3v) is 8.20. The van der Waals surface area contributed by atoms with E-state index in [1.165, 1.54) is 12.1 Å². The molecule has 2 aliphatic rings. The predicted molar refractivity (Wildman–Crippen MR) is 148 cm³/mol. The SMILES string of the molecule is O=C(NCCc1c[nH]c2ccccc12)C1CC2C(=O)NCCCCCCN(C(=O)Cc3cccc(F)c3)C2C1. The van der Waals surface area contributed by atoms with Gasteiger partial charge >= 0.3 is 0 Å². The highest BCUT2D eigenvalue weighted by atomic mass is 19.1. The molecule has 7 nitrogen and oxygen atoms in total. The molecule has 39 heavy (non-hydrogen) atoms. The second kappa shape index (κ2) is 12.5. The largest absolute Gasteiger partial charge is 0.361 e. The maximum atomic E-state index is 13.8. The molecule has 0 spiro atoms. The molecule has 5 rings (SSSR count). The monoisotopic (exact) mass is 532 g/mol. The van der Waals surface area contributed by atoms with Crippen molar-refractivity contribution in [2.24, 2.45) is 11.8 Å². The normalized spacial score (nSPS) is 22.1. The zero-order valence-electron chi connectivity index (χ0n) is 22.3. The summed E-state index contributed by atoms with van der Waals surface area (Å²) in [5.41, 5.74) is 2.83. The third-order valence-electron chi connectivity index (χ3n) is 8.20. The van der Waals surface area contributed by atoms with Crippen LogP contribution in [0.25, 0.3) is 10.9 Å². The summed E-state index contributed by atoms with van der Waals surface area (Å²) >= 11 is 0. The highest BCUT2D eigenvalue weighted by Gasteiger charge is 2.45. The topological polar surface area (TPSA) is 94.3 Å². The van der Waals surface area contributed by atoms with E-state index in [0.717, 1.165) is 42.1 Å². The molecule has 206 valence electrons. The molecule has 0 bridgehead atoms. The summed E-state index contributed by atoms with van der Waals surface area (Å²) in [6.45, 7) is 1.65. The second-order valence-electron chi connectivity index (χ2n) is 10.8. The molecule has 2 aromatic carbocycles. The highest BCUT2D eigenvalue weighted by Crippen LogP contribution is 2.36. The Bertz CT molecular complexity index is 1320. The molecule has 1 aliphatic carbocycles. The quantitative estimate of drug-likeness (QED) is 0.446. The molecule has 3 N–H and O–H groups in total. The lowest BCUT2D eigenvalue weighted by Crippen LogP contribution is -2.48. The van der Waals surface area contributed by atoms with Gasteiger partial charge in [0.1, 0.15) is 5.82 Å². The van der Waals surface area contributed by atoms with E-state index in [9.17, 15) is 18.8 Å². The Balaban J connectivity index is 1.27. The number of hydrogen-bond donors (Lipinski definition) is 3. The number of nitrogens with one attached hydrogen (secondary N) is 3. The molecule has 3 atom stereocenters. The van der Waals surface area contributed by atoms with Crippen LogP contribution >= 0.6 is 0 Å². The van der Waals surface area contributed by atoms with Gasteiger partial charge in [-0.2, -0.15) is 0 Å². The molecule has 1 saturated heterocycles. The number of aromatic nitrogens is 1. The van der Waals surface area contributed by atoms with Crippen molar-refractivity contribution in [2.45, 2.75) is 57.4 Å². The number of nitrogens with zero attached hydrogens (tertiary/aromatic N) is 1. The molecular weight excluding hydrogens is 495 g/mol. The summed E-state index contributed by atoms with van der Waals surface area (Å²) in [6.07, 6.45) is 7.32. The van der Waals surface area contributed by atoms with Crippen molar-refractivity contribution in [1.29, 1.82) is 0 Å². The summed E-state index contributed by atoms with van der Waals surface area (Å²) < 4.78 is 13.8. The number of rotatable bonds is 6. The van der Waals surface area contributed by atoms with E-state index in [1.807, 2.05) is 24.4 Å². The first kappa shape index (κ1) is 26.9. The van der Waals surface area contributed by atoms with Crippen molar-refractivity contribution >= 4 is 28.6 Å². The van der Waals surface area contributed by atoms with Crippen LogP contribution in [-0.2, 0) is 27.2 Å². The van der Waals surface area contributed by atoms with Crippen LogP contribution < -0.4 is 10.6 Å². The lowest BCUT2D eigenvalue weighted by molar-refractivity contribution is -0.136. The fourth-order valence-electron chi connectivity index (χ4n) is 6.16. The van der Waals surface area contributed by atoms with Gasteiger partial charge in [-0.3, -0.25) is 14.4 Å². The Labute approximate surface area is 228 Å². The minimum atomic E-state index is -0.441. The fourth-order valence-corrected chi connectivity index (χ4v) is 6.16. The number of carbonyl (C=O) groups excluding carboxylic acids is 3. The summed E-state index contributed by atoms with van der Waals surface area (Å²) in [5.74, 6) is -1.44. The van der Waals surface area contributed by atoms with Crippen molar-refractivity contribution in [3.63, 3.8) is 0 Å². The van der Waals surface area contributed by atoms with Gasteiger partial charge in [0.2, 0.25) is 17.7 Å². The summed E-state index contributed by atoms with van der Waals surface area (Å²) in [7, 11) is 0. The Morgan fingerprint density at radius 2 is 1.87 bits per heavy atom. The molecule has 0 radical (unpaired) electrons. The summed E-state index contributed by atoms with van der Waals surface area (Å²) in [6, 6.07) is 13.8. The van der Waals surface area contributed by atoms with Crippen molar-refractivity contribution < 1.29 is 18.8 Å². The molecule has 2 fully saturated rings. The lowest BCUT2D eigenvalue weighted by atomic mass is 9.99. The first-order chi connectivity index (χ1) is 19.0. The zero-order valence-corrected chi connectivity index (χ0v) is 22.3. The van der Waals surface area contributed by atoms with Gasteiger partial charge in [0.05, 0.1) is 12.3 Å². The number of aromatic amines is 1. The average Bonchev–Trinajstić information content (AvgIpc) is 3.54. The van der Waals surface area contributed by atoms with E-state index in [1.54, 1.807) is 17.0 Å². The van der Waals surface area contributed by atoms with E-state index in [4.69, 9.17) is 0 Å². The van der Waals surface area contributed by atoms with Gasteiger partial charge in [0.25, 0.3) is 0 Å². The zero-order chi connectivity index (χ0) is 27.2. The van der Waals surface area contributed by atoms with E-state index in [0.29, 0.717) is 44.5 Å². The van der Waals surface area contributed by atoms with Crippen LogP contribution in [-0.4, -0.2) is 53.3 Å². The van der Waals surface area contributed by atoms with Crippen LogP contribution in [0.4, 0.5) is 4.39 Å². The Hall–Kier alpha value is -3.68. The maximum Gasteiger partial charge on any atom is 0.227 e. The maximum absolute atomic E-state index is 13.8. The van der Waals surface area contributed by atoms with Crippen molar-refractivity contribution in [2.75, 3.05) is 19.6 Å². The van der Waals surface area contributed by atoms with Gasteiger partial charge in [0, 0.05) is 48.7 Å². The summed E-state index contributed by atoms with van der Waals surface area (Å²) in [4.78, 5) is 45.1. The number of amides is 3. The molecule has 3 unspecified atom stereocenters. The van der Waals surface area contributed by atoms with E-state index < -0.39 is 5.92 Å². The molecule has 3 aromatic rings. The minimum Gasteiger partial charge on any atom is -0.361 e. The highest BCUT2D eigenvalue weighted by molar-refractivity contribution is 5.86. The molecular formula is C31H37FN4O3. The van der Waals surface area contributed by atoms with Gasteiger partial charge in [-0.25, -0.2) is 4.39 Å². The lowest BCUT2D eigenvalue weighted by Gasteiger charge is -2.33.